The number of sulfonamides is 1. The van der Waals surface area contributed by atoms with Gasteiger partial charge in [-0.05, 0) is 31.7 Å². The van der Waals surface area contributed by atoms with Crippen LogP contribution < -0.4 is 9.46 Å². The number of piperidine rings is 1. The van der Waals surface area contributed by atoms with Crippen molar-refractivity contribution in [2.24, 2.45) is 5.92 Å². The summed E-state index contributed by atoms with van der Waals surface area (Å²) in [6.07, 6.45) is 6.36. The predicted octanol–water partition coefficient (Wildman–Crippen LogP) is 2.45. The van der Waals surface area contributed by atoms with Crippen molar-refractivity contribution in [1.82, 2.24) is 9.62 Å². The number of hydrogen-bond donors (Lipinski definition) is 1. The molecule has 1 heterocycles. The average molecular weight is 426 g/mol. The van der Waals surface area contributed by atoms with Gasteiger partial charge in [0.05, 0.1) is 18.1 Å². The van der Waals surface area contributed by atoms with Crippen LogP contribution in [-0.2, 0) is 14.8 Å². The van der Waals surface area contributed by atoms with Crippen LogP contribution in [0, 0.1) is 16.0 Å². The van der Waals surface area contributed by atoms with Gasteiger partial charge in [0.25, 0.3) is 5.69 Å². The number of nitrogens with zero attached hydrogens (tertiary/aromatic N) is 2. The molecule has 2 fully saturated rings. The Labute approximate surface area is 170 Å². The largest absolute Gasteiger partial charge is 0.495 e. The summed E-state index contributed by atoms with van der Waals surface area (Å²) in [5.41, 5.74) is -0.240. The van der Waals surface area contributed by atoms with Crippen LogP contribution in [0.5, 0.6) is 5.75 Å². The third-order valence-electron chi connectivity index (χ3n) is 5.73. The Hall–Kier alpha value is -2.20. The molecule has 9 nitrogen and oxygen atoms in total. The smallest absolute Gasteiger partial charge is 0.273 e. The molecule has 0 spiro atoms. The first-order valence-corrected chi connectivity index (χ1v) is 11.4. The number of benzene rings is 1. The zero-order valence-electron chi connectivity index (χ0n) is 16.5. The first-order chi connectivity index (χ1) is 13.8. The number of nitro benzene ring substituents is 1. The van der Waals surface area contributed by atoms with Crippen LogP contribution in [0.1, 0.15) is 44.9 Å². The van der Waals surface area contributed by atoms with Gasteiger partial charge in [0, 0.05) is 31.1 Å². The average Bonchev–Trinajstić information content (AvgIpc) is 2.73. The van der Waals surface area contributed by atoms with E-state index in [4.69, 9.17) is 4.74 Å². The highest BCUT2D eigenvalue weighted by Gasteiger charge is 2.31. The zero-order valence-corrected chi connectivity index (χ0v) is 17.3. The number of non-ortho nitro benzene ring substituents is 1. The monoisotopic (exact) mass is 425 g/mol. The van der Waals surface area contributed by atoms with E-state index < -0.39 is 14.9 Å². The number of hydrogen-bond acceptors (Lipinski definition) is 6. The van der Waals surface area contributed by atoms with E-state index in [2.05, 4.69) is 4.72 Å². The Bertz CT molecular complexity index is 859. The van der Waals surface area contributed by atoms with Crippen molar-refractivity contribution >= 4 is 21.6 Å². The standard InChI is InChI=1S/C19H27N3O6S/c1-28-17-13-16(22(24)25)7-8-18(17)29(26,27)20-15-9-11-21(12-10-15)19(23)14-5-3-2-4-6-14/h7-8,13-15,20H,2-6,9-12H2,1H3. The maximum Gasteiger partial charge on any atom is 0.273 e. The third kappa shape index (κ3) is 5.05. The maximum absolute atomic E-state index is 12.8. The number of ether oxygens (including phenoxy) is 1. The Morgan fingerprint density at radius 1 is 1.17 bits per heavy atom. The number of rotatable bonds is 6. The minimum Gasteiger partial charge on any atom is -0.495 e. The molecule has 1 saturated carbocycles. The van der Waals surface area contributed by atoms with E-state index in [0.29, 0.717) is 25.9 Å². The van der Waals surface area contributed by atoms with Crippen molar-refractivity contribution in [2.75, 3.05) is 20.2 Å². The topological polar surface area (TPSA) is 119 Å². The fourth-order valence-electron chi connectivity index (χ4n) is 4.10. The molecular weight excluding hydrogens is 398 g/mol. The molecule has 0 atom stereocenters. The van der Waals surface area contributed by atoms with Gasteiger partial charge >= 0.3 is 0 Å². The molecule has 1 aromatic rings. The van der Waals surface area contributed by atoms with Gasteiger partial charge in [-0.3, -0.25) is 14.9 Å². The lowest BCUT2D eigenvalue weighted by Gasteiger charge is -2.35. The van der Waals surface area contributed by atoms with Gasteiger partial charge in [-0.25, -0.2) is 13.1 Å². The van der Waals surface area contributed by atoms with Crippen molar-refractivity contribution in [3.8, 4) is 5.75 Å². The predicted molar refractivity (Wildman–Crippen MR) is 106 cm³/mol. The van der Waals surface area contributed by atoms with E-state index in [1.54, 1.807) is 0 Å². The van der Waals surface area contributed by atoms with Crippen LogP contribution in [0.2, 0.25) is 0 Å². The lowest BCUT2D eigenvalue weighted by Crippen LogP contribution is -2.48. The molecule has 10 heteroatoms. The second kappa shape index (κ2) is 9.08. The molecule has 1 saturated heterocycles. The molecule has 3 rings (SSSR count). The summed E-state index contributed by atoms with van der Waals surface area (Å²) < 4.78 is 33.3. The number of carbonyl (C=O) groups excluding carboxylic acids is 1. The Balaban J connectivity index is 1.62. The van der Waals surface area contributed by atoms with Crippen LogP contribution in [0.3, 0.4) is 0 Å². The Morgan fingerprint density at radius 2 is 1.83 bits per heavy atom. The molecule has 0 unspecified atom stereocenters. The van der Waals surface area contributed by atoms with Gasteiger partial charge in [-0.1, -0.05) is 19.3 Å². The second-order valence-corrected chi connectivity index (χ2v) is 9.33. The van der Waals surface area contributed by atoms with Crippen LogP contribution in [0.25, 0.3) is 0 Å². The molecule has 0 bridgehead atoms. The minimum atomic E-state index is -3.90. The van der Waals surface area contributed by atoms with Crippen molar-refractivity contribution in [1.29, 1.82) is 0 Å². The van der Waals surface area contributed by atoms with Crippen molar-refractivity contribution in [3.63, 3.8) is 0 Å². The molecule has 1 aliphatic carbocycles. The van der Waals surface area contributed by atoms with Crippen molar-refractivity contribution in [2.45, 2.75) is 55.9 Å². The Morgan fingerprint density at radius 3 is 2.41 bits per heavy atom. The van der Waals surface area contributed by atoms with Gasteiger partial charge in [0.1, 0.15) is 10.6 Å². The summed E-state index contributed by atoms with van der Waals surface area (Å²) in [6, 6.07) is 3.12. The normalized spacial score (nSPS) is 19.1. The van der Waals surface area contributed by atoms with Gasteiger partial charge < -0.3 is 9.64 Å². The highest BCUT2D eigenvalue weighted by Crippen LogP contribution is 2.30. The molecule has 1 N–H and O–H groups in total. The molecule has 1 aromatic carbocycles. The molecule has 29 heavy (non-hydrogen) atoms. The number of methoxy groups -OCH3 is 1. The van der Waals surface area contributed by atoms with Crippen LogP contribution in [0.4, 0.5) is 5.69 Å². The van der Waals surface area contributed by atoms with Crippen LogP contribution >= 0.6 is 0 Å². The summed E-state index contributed by atoms with van der Waals surface area (Å²) >= 11 is 0. The van der Waals surface area contributed by atoms with Crippen molar-refractivity contribution in [3.05, 3.63) is 28.3 Å². The maximum atomic E-state index is 12.8. The highest BCUT2D eigenvalue weighted by atomic mass is 32.2. The number of likely N-dealkylation sites (tertiary alicyclic amines) is 1. The minimum absolute atomic E-state index is 0.0726. The molecule has 1 amide bonds. The lowest BCUT2D eigenvalue weighted by atomic mass is 9.87. The summed E-state index contributed by atoms with van der Waals surface area (Å²) in [5, 5.41) is 10.9. The summed E-state index contributed by atoms with van der Waals surface area (Å²) in [4.78, 5) is 24.7. The molecular formula is C19H27N3O6S. The first kappa shape index (κ1) is 21.5. The molecule has 1 aliphatic heterocycles. The second-order valence-electron chi connectivity index (χ2n) is 7.65. The van der Waals surface area contributed by atoms with Gasteiger partial charge in [-0.2, -0.15) is 0 Å². The summed E-state index contributed by atoms with van der Waals surface area (Å²) in [6.45, 7) is 1.06. The van der Waals surface area contributed by atoms with E-state index in [1.165, 1.54) is 19.6 Å². The summed E-state index contributed by atoms with van der Waals surface area (Å²) in [5.74, 6) is 0.237. The molecule has 0 radical (unpaired) electrons. The molecule has 0 aromatic heterocycles. The number of carbonyl (C=O) groups is 1. The summed E-state index contributed by atoms with van der Waals surface area (Å²) in [7, 11) is -2.63. The van der Waals surface area contributed by atoms with E-state index in [-0.39, 0.29) is 34.2 Å². The van der Waals surface area contributed by atoms with E-state index in [0.717, 1.165) is 37.8 Å². The van der Waals surface area contributed by atoms with Gasteiger partial charge in [-0.15, -0.1) is 0 Å². The van der Waals surface area contributed by atoms with Gasteiger partial charge in [0.15, 0.2) is 0 Å². The first-order valence-electron chi connectivity index (χ1n) is 9.95. The lowest BCUT2D eigenvalue weighted by molar-refractivity contribution is -0.385. The fraction of sp³-hybridized carbons (Fsp3) is 0.632. The van der Waals surface area contributed by atoms with Crippen molar-refractivity contribution < 1.29 is 22.9 Å². The van der Waals surface area contributed by atoms with E-state index in [1.807, 2.05) is 4.90 Å². The zero-order chi connectivity index (χ0) is 21.0. The SMILES string of the molecule is COc1cc([N+](=O)[O-])ccc1S(=O)(=O)NC1CCN(C(=O)C2CCCCC2)CC1. The number of amides is 1. The quantitative estimate of drug-likeness (QED) is 0.552. The van der Waals surface area contributed by atoms with Crippen LogP contribution in [-0.4, -0.2) is 50.4 Å². The van der Waals surface area contributed by atoms with E-state index >= 15 is 0 Å². The number of nitro groups is 1. The van der Waals surface area contributed by atoms with Crippen LogP contribution in [0.15, 0.2) is 23.1 Å². The van der Waals surface area contributed by atoms with Gasteiger partial charge in [0.2, 0.25) is 15.9 Å². The molecule has 160 valence electrons. The fourth-order valence-corrected chi connectivity index (χ4v) is 5.56. The number of nitrogens with one attached hydrogen (secondary N) is 1. The third-order valence-corrected chi connectivity index (χ3v) is 7.29. The van der Waals surface area contributed by atoms with E-state index in [9.17, 15) is 23.3 Å². The highest BCUT2D eigenvalue weighted by molar-refractivity contribution is 7.89. The molecule has 2 aliphatic rings. The Kier molecular flexibility index (Phi) is 6.74.